The second-order valence-electron chi connectivity index (χ2n) is 17.0. The normalized spacial score (nSPS) is 15.5. The first-order valence-corrected chi connectivity index (χ1v) is 23.7. The molecular formula is C46H50ClF6N11O3S. The van der Waals surface area contributed by atoms with Crippen molar-refractivity contribution in [2.75, 3.05) is 62.3 Å². The Morgan fingerprint density at radius 1 is 0.721 bits per heavy atom. The number of alkyl halides is 6. The van der Waals surface area contributed by atoms with Crippen LogP contribution in [0.25, 0.3) is 33.8 Å². The Morgan fingerprint density at radius 2 is 1.21 bits per heavy atom. The topological polar surface area (TPSA) is 155 Å². The molecule has 0 unspecified atom stereocenters. The molecule has 0 atom stereocenters. The van der Waals surface area contributed by atoms with Crippen molar-refractivity contribution in [1.29, 1.82) is 0 Å². The van der Waals surface area contributed by atoms with E-state index in [0.717, 1.165) is 86.5 Å². The molecule has 0 bridgehead atoms. The number of nitrogens with zero attached hydrogens (tertiary/aromatic N) is 7. The predicted molar refractivity (Wildman–Crippen MR) is 249 cm³/mol. The average molecular weight is 986 g/mol. The number of nitrogens with one attached hydrogen (secondary N) is 4. The summed E-state index contributed by atoms with van der Waals surface area (Å²) in [6.45, 7) is 7.26. The minimum absolute atomic E-state index is 0.0806. The molecule has 9 rings (SSSR count). The smallest absolute Gasteiger partial charge is 0.382 e. The van der Waals surface area contributed by atoms with Crippen molar-refractivity contribution in [2.45, 2.75) is 81.8 Å². The summed E-state index contributed by atoms with van der Waals surface area (Å²) < 4.78 is 84.3. The van der Waals surface area contributed by atoms with Crippen LogP contribution in [-0.4, -0.2) is 122 Å². The van der Waals surface area contributed by atoms with Crippen molar-refractivity contribution in [1.82, 2.24) is 44.7 Å². The number of rotatable bonds is 16. The number of halogens is 7. The van der Waals surface area contributed by atoms with Crippen molar-refractivity contribution in [3.05, 3.63) is 88.3 Å². The van der Waals surface area contributed by atoms with Crippen LogP contribution in [0.4, 0.5) is 37.7 Å². The SMILES string of the molecule is Cc1cc(-c2cnc3c(NCCC(F)(F)F)cc(Cl)nn23)ccc1C(=O)NC1CC1.Cc1cc(-c2cnc3c(NCCC(F)(F)F)cc(SCCN4CCOCC4)nn23)ccc1C(=O)NC1CC1. The zero-order chi connectivity index (χ0) is 48.2. The van der Waals surface area contributed by atoms with Gasteiger partial charge in [-0.15, -0.1) is 11.8 Å². The second-order valence-corrected chi connectivity index (χ2v) is 18.5. The van der Waals surface area contributed by atoms with E-state index in [9.17, 15) is 35.9 Å². The third-order valence-corrected chi connectivity index (χ3v) is 12.5. The van der Waals surface area contributed by atoms with Crippen molar-refractivity contribution in [3.63, 3.8) is 0 Å². The maximum absolute atomic E-state index is 12.8. The lowest BCUT2D eigenvalue weighted by atomic mass is 10.0. The standard InChI is InChI=1S/C26H31F3N6O2S.C20H19ClF3N5O/c1-17-14-18(2-5-20(17)25(36)32-19-3-4-19)22-16-31-24-21(30-7-6-26(27,28)29)15-23(33-35(22)24)38-13-10-34-8-11-37-12-9-34;1-11-8-12(2-5-14(11)19(30)27-13-3-4-13)16-10-26-18-15(9-17(21)28-29(16)18)25-7-6-20(22,23)24/h2,5,14-16,19,30H,3-4,6-13H2,1H3,(H,32,36);2,5,8-10,13,25H,3-4,6-7H2,1H3,(H,27,30). The first kappa shape index (κ1) is 48.8. The van der Waals surface area contributed by atoms with Gasteiger partial charge >= 0.3 is 12.4 Å². The van der Waals surface area contributed by atoms with E-state index < -0.39 is 25.2 Å². The Hall–Kier alpha value is -5.64. The number of benzene rings is 2. The molecule has 3 aliphatic rings. The molecule has 2 amide bonds. The third kappa shape index (κ3) is 12.9. The number of hydrogen-bond acceptors (Lipinski definition) is 11. The Bertz CT molecular complexity index is 2770. The summed E-state index contributed by atoms with van der Waals surface area (Å²) in [6.07, 6.45) is -3.14. The minimum Gasteiger partial charge on any atom is -0.382 e. The summed E-state index contributed by atoms with van der Waals surface area (Å²) in [4.78, 5) is 36.0. The minimum atomic E-state index is -4.26. The molecule has 4 aromatic heterocycles. The number of anilines is 2. The zero-order valence-electron chi connectivity index (χ0n) is 37.2. The van der Waals surface area contributed by atoms with Gasteiger partial charge in [-0.1, -0.05) is 23.7 Å². The van der Waals surface area contributed by atoms with E-state index >= 15 is 0 Å². The molecule has 2 aliphatic carbocycles. The van der Waals surface area contributed by atoms with Crippen molar-refractivity contribution in [2.24, 2.45) is 0 Å². The molecule has 68 heavy (non-hydrogen) atoms. The first-order chi connectivity index (χ1) is 32.5. The molecule has 1 aliphatic heterocycles. The molecule has 14 nitrogen and oxygen atoms in total. The van der Waals surface area contributed by atoms with Crippen LogP contribution in [-0.2, 0) is 4.74 Å². The molecule has 5 heterocycles. The van der Waals surface area contributed by atoms with E-state index in [1.807, 2.05) is 32.0 Å². The van der Waals surface area contributed by atoms with Crippen LogP contribution in [0, 0.1) is 13.8 Å². The van der Waals surface area contributed by atoms with E-state index in [-0.39, 0.29) is 42.1 Å². The van der Waals surface area contributed by atoms with Gasteiger partial charge in [0.05, 0.1) is 61.2 Å². The highest BCUT2D eigenvalue weighted by atomic mass is 35.5. The Labute approximate surface area is 396 Å². The quantitative estimate of drug-likeness (QED) is 0.0543. The van der Waals surface area contributed by atoms with Crippen LogP contribution < -0.4 is 21.3 Å². The molecule has 2 aromatic carbocycles. The van der Waals surface area contributed by atoms with Crippen molar-refractivity contribution >= 4 is 57.8 Å². The molecule has 3 fully saturated rings. The number of morpholine rings is 1. The highest BCUT2D eigenvalue weighted by molar-refractivity contribution is 7.99. The summed E-state index contributed by atoms with van der Waals surface area (Å²) in [7, 11) is 0. The summed E-state index contributed by atoms with van der Waals surface area (Å²) in [5, 5.41) is 21.5. The number of fused-ring (bicyclic) bond motifs is 2. The molecule has 0 radical (unpaired) electrons. The number of amides is 2. The molecule has 4 N–H and O–H groups in total. The number of ether oxygens (including phenoxy) is 1. The van der Waals surface area contributed by atoms with Crippen LogP contribution in [0.1, 0.15) is 70.4 Å². The molecule has 22 heteroatoms. The van der Waals surface area contributed by atoms with Crippen LogP contribution in [0.2, 0.25) is 5.15 Å². The number of carbonyl (C=O) groups is 2. The van der Waals surface area contributed by atoms with Gasteiger partial charge in [0.25, 0.3) is 11.8 Å². The van der Waals surface area contributed by atoms with Crippen LogP contribution >= 0.6 is 23.4 Å². The van der Waals surface area contributed by atoms with Gasteiger partial charge in [-0.25, -0.2) is 19.0 Å². The Kier molecular flexibility index (Phi) is 15.0. The van der Waals surface area contributed by atoms with Gasteiger partial charge < -0.3 is 26.0 Å². The molecule has 1 saturated heterocycles. The molecular weight excluding hydrogens is 936 g/mol. The number of hydrogen-bond donors (Lipinski definition) is 4. The van der Waals surface area contributed by atoms with Crippen molar-refractivity contribution in [3.8, 4) is 22.5 Å². The van der Waals surface area contributed by atoms with E-state index in [4.69, 9.17) is 21.4 Å². The summed E-state index contributed by atoms with van der Waals surface area (Å²) in [5.41, 5.74) is 7.43. The third-order valence-electron chi connectivity index (χ3n) is 11.5. The summed E-state index contributed by atoms with van der Waals surface area (Å²) in [6, 6.07) is 14.7. The number of thioether (sulfide) groups is 1. The van der Waals surface area contributed by atoms with E-state index in [0.29, 0.717) is 50.2 Å². The maximum Gasteiger partial charge on any atom is 0.390 e. The van der Waals surface area contributed by atoms with Gasteiger partial charge in [0, 0.05) is 78.9 Å². The van der Waals surface area contributed by atoms with Crippen molar-refractivity contribution < 1.29 is 40.7 Å². The first-order valence-electron chi connectivity index (χ1n) is 22.3. The maximum atomic E-state index is 12.8. The zero-order valence-corrected chi connectivity index (χ0v) is 38.8. The summed E-state index contributed by atoms with van der Waals surface area (Å²) >= 11 is 7.64. The fraction of sp³-hybridized carbons (Fsp3) is 0.435. The fourth-order valence-electron chi connectivity index (χ4n) is 7.53. The van der Waals surface area contributed by atoms with Gasteiger partial charge in [-0.05, 0) is 81.0 Å². The highest BCUT2D eigenvalue weighted by Crippen LogP contribution is 2.32. The Morgan fingerprint density at radius 3 is 1.68 bits per heavy atom. The Balaban J connectivity index is 0.000000189. The van der Waals surface area contributed by atoms with Gasteiger partial charge in [0.1, 0.15) is 5.03 Å². The number of imidazole rings is 2. The van der Waals surface area contributed by atoms with Gasteiger partial charge in [-0.2, -0.15) is 36.5 Å². The number of aryl methyl sites for hydroxylation is 2. The molecule has 362 valence electrons. The van der Waals surface area contributed by atoms with E-state index in [1.165, 1.54) is 10.6 Å². The largest absolute Gasteiger partial charge is 0.390 e. The number of carbonyl (C=O) groups excluding carboxylic acids is 2. The predicted octanol–water partition coefficient (Wildman–Crippen LogP) is 9.00. The lowest BCUT2D eigenvalue weighted by Crippen LogP contribution is -2.37. The lowest BCUT2D eigenvalue weighted by molar-refractivity contribution is -0.132. The van der Waals surface area contributed by atoms with Gasteiger partial charge in [-0.3, -0.25) is 14.5 Å². The fourth-order valence-corrected chi connectivity index (χ4v) is 8.61. The van der Waals surface area contributed by atoms with E-state index in [2.05, 4.69) is 41.2 Å². The van der Waals surface area contributed by atoms with Crippen LogP contribution in [0.15, 0.2) is 66.0 Å². The highest BCUT2D eigenvalue weighted by Gasteiger charge is 2.29. The molecule has 0 spiro atoms. The molecule has 2 saturated carbocycles. The van der Waals surface area contributed by atoms with Gasteiger partial charge in [0.15, 0.2) is 16.4 Å². The average Bonchev–Trinajstić information content (AvgIpc) is 4.20. The van der Waals surface area contributed by atoms with Gasteiger partial charge in [0.2, 0.25) is 0 Å². The number of aromatic nitrogens is 6. The monoisotopic (exact) mass is 985 g/mol. The van der Waals surface area contributed by atoms with Crippen LogP contribution in [0.5, 0.6) is 0 Å². The van der Waals surface area contributed by atoms with Crippen LogP contribution in [0.3, 0.4) is 0 Å². The molecule has 6 aromatic rings. The second kappa shape index (κ2) is 20.9. The summed E-state index contributed by atoms with van der Waals surface area (Å²) in [5.74, 6) is 0.606. The van der Waals surface area contributed by atoms with E-state index in [1.54, 1.807) is 52.9 Å². The lowest BCUT2D eigenvalue weighted by Gasteiger charge is -2.26.